The van der Waals surface area contributed by atoms with E-state index in [9.17, 15) is 19.3 Å². The van der Waals surface area contributed by atoms with E-state index in [0.29, 0.717) is 11.3 Å². The van der Waals surface area contributed by atoms with E-state index in [1.807, 2.05) is 0 Å². The predicted molar refractivity (Wildman–Crippen MR) is 94.9 cm³/mol. The Kier molecular flexibility index (Phi) is 5.36. The summed E-state index contributed by atoms with van der Waals surface area (Å²) in [5.74, 6) is -0.669. The minimum Gasteiger partial charge on any atom is -0.381 e. The van der Waals surface area contributed by atoms with E-state index in [-0.39, 0.29) is 29.6 Å². The first kappa shape index (κ1) is 18.4. The van der Waals surface area contributed by atoms with Crippen molar-refractivity contribution in [3.63, 3.8) is 0 Å². The summed E-state index contributed by atoms with van der Waals surface area (Å²) in [6.07, 6.45) is 0. The second-order valence-electron chi connectivity index (χ2n) is 6.68. The zero-order chi connectivity index (χ0) is 18.6. The smallest absolute Gasteiger partial charge is 0.293 e. The van der Waals surface area contributed by atoms with Gasteiger partial charge in [-0.25, -0.2) is 4.39 Å². The minimum atomic E-state index is -0.661. The molecular weight excluding hydrogens is 325 g/mol. The Labute approximate surface area is 145 Å². The summed E-state index contributed by atoms with van der Waals surface area (Å²) in [6.45, 7) is 5.47. The predicted octanol–water partition coefficient (Wildman–Crippen LogP) is 4.33. The van der Waals surface area contributed by atoms with Crippen LogP contribution < -0.4 is 10.6 Å². The summed E-state index contributed by atoms with van der Waals surface area (Å²) < 4.78 is 13.2. The van der Waals surface area contributed by atoms with Gasteiger partial charge < -0.3 is 10.6 Å². The SMILES string of the molecule is CC(C)(C)C(=O)Nc1ccc(CNc2cccc(F)c2)cc1[N+](=O)[O-]. The van der Waals surface area contributed by atoms with Crippen molar-refractivity contribution in [3.8, 4) is 0 Å². The van der Waals surface area contributed by atoms with Gasteiger partial charge in [0.25, 0.3) is 5.69 Å². The monoisotopic (exact) mass is 345 g/mol. The quantitative estimate of drug-likeness (QED) is 0.624. The molecule has 0 heterocycles. The first-order chi connectivity index (χ1) is 11.7. The Hall–Kier alpha value is -2.96. The van der Waals surface area contributed by atoms with Crippen LogP contribution in [0.25, 0.3) is 0 Å². The molecular formula is C18H20FN3O3. The normalized spacial score (nSPS) is 11.0. The summed E-state index contributed by atoms with van der Waals surface area (Å²) in [6, 6.07) is 10.5. The molecule has 0 aliphatic rings. The molecule has 2 aromatic rings. The third-order valence-corrected chi connectivity index (χ3v) is 3.51. The molecule has 2 N–H and O–H groups in total. The highest BCUT2D eigenvalue weighted by Crippen LogP contribution is 2.28. The van der Waals surface area contributed by atoms with E-state index < -0.39 is 10.3 Å². The highest BCUT2D eigenvalue weighted by Gasteiger charge is 2.24. The molecule has 0 radical (unpaired) electrons. The lowest BCUT2D eigenvalue weighted by atomic mass is 9.95. The summed E-state index contributed by atoms with van der Waals surface area (Å²) in [4.78, 5) is 22.8. The molecule has 2 rings (SSSR count). The lowest BCUT2D eigenvalue weighted by molar-refractivity contribution is -0.384. The van der Waals surface area contributed by atoms with Crippen LogP contribution in [-0.4, -0.2) is 10.8 Å². The van der Waals surface area contributed by atoms with E-state index in [2.05, 4.69) is 10.6 Å². The number of nitrogens with zero attached hydrogens (tertiary/aromatic N) is 1. The molecule has 0 unspecified atom stereocenters. The zero-order valence-corrected chi connectivity index (χ0v) is 14.3. The van der Waals surface area contributed by atoms with Gasteiger partial charge >= 0.3 is 0 Å². The molecule has 0 saturated carbocycles. The second-order valence-corrected chi connectivity index (χ2v) is 6.68. The maximum Gasteiger partial charge on any atom is 0.293 e. The largest absolute Gasteiger partial charge is 0.381 e. The van der Waals surface area contributed by atoms with Gasteiger partial charge in [-0.2, -0.15) is 0 Å². The van der Waals surface area contributed by atoms with E-state index in [4.69, 9.17) is 0 Å². The molecule has 0 aliphatic heterocycles. The summed E-state index contributed by atoms with van der Waals surface area (Å²) in [5, 5.41) is 16.9. The molecule has 132 valence electrons. The fourth-order valence-corrected chi connectivity index (χ4v) is 2.06. The van der Waals surface area contributed by atoms with E-state index >= 15 is 0 Å². The zero-order valence-electron chi connectivity index (χ0n) is 14.3. The number of amides is 1. The van der Waals surface area contributed by atoms with Gasteiger partial charge in [0, 0.05) is 23.7 Å². The van der Waals surface area contributed by atoms with Crippen molar-refractivity contribution in [3.05, 3.63) is 64.0 Å². The average molecular weight is 345 g/mol. The Morgan fingerprint density at radius 2 is 1.92 bits per heavy atom. The first-order valence-electron chi connectivity index (χ1n) is 7.75. The van der Waals surface area contributed by atoms with Gasteiger partial charge in [-0.05, 0) is 29.8 Å². The maximum atomic E-state index is 13.2. The molecule has 0 fully saturated rings. The van der Waals surface area contributed by atoms with Crippen LogP contribution in [0.4, 0.5) is 21.5 Å². The van der Waals surface area contributed by atoms with Gasteiger partial charge in [0.05, 0.1) is 4.92 Å². The number of nitro benzene ring substituents is 1. The molecule has 0 atom stereocenters. The van der Waals surface area contributed by atoms with Crippen LogP contribution in [0.15, 0.2) is 42.5 Å². The third kappa shape index (κ3) is 5.00. The number of benzene rings is 2. The third-order valence-electron chi connectivity index (χ3n) is 3.51. The molecule has 0 spiro atoms. The summed E-state index contributed by atoms with van der Waals surface area (Å²) >= 11 is 0. The Morgan fingerprint density at radius 3 is 2.52 bits per heavy atom. The number of hydrogen-bond donors (Lipinski definition) is 2. The molecule has 0 aliphatic carbocycles. The van der Waals surface area contributed by atoms with Crippen molar-refractivity contribution in [2.45, 2.75) is 27.3 Å². The van der Waals surface area contributed by atoms with Crippen molar-refractivity contribution < 1.29 is 14.1 Å². The Balaban J connectivity index is 2.18. The van der Waals surface area contributed by atoms with Gasteiger partial charge in [0.2, 0.25) is 5.91 Å². The fraction of sp³-hybridized carbons (Fsp3) is 0.278. The lowest BCUT2D eigenvalue weighted by Gasteiger charge is -2.18. The molecule has 0 bridgehead atoms. The van der Waals surface area contributed by atoms with Gasteiger partial charge in [-0.15, -0.1) is 0 Å². The van der Waals surface area contributed by atoms with Crippen molar-refractivity contribution >= 4 is 23.0 Å². The first-order valence-corrected chi connectivity index (χ1v) is 7.75. The van der Waals surface area contributed by atoms with Gasteiger partial charge in [-0.3, -0.25) is 14.9 Å². The highest BCUT2D eigenvalue weighted by atomic mass is 19.1. The van der Waals surface area contributed by atoms with Gasteiger partial charge in [-0.1, -0.05) is 32.9 Å². The summed E-state index contributed by atoms with van der Waals surface area (Å²) in [7, 11) is 0. The van der Waals surface area contributed by atoms with Crippen molar-refractivity contribution in [2.75, 3.05) is 10.6 Å². The molecule has 0 saturated heterocycles. The fourth-order valence-electron chi connectivity index (χ4n) is 2.06. The van der Waals surface area contributed by atoms with Crippen molar-refractivity contribution in [1.82, 2.24) is 0 Å². The average Bonchev–Trinajstić information content (AvgIpc) is 2.52. The van der Waals surface area contributed by atoms with Gasteiger partial charge in [0.15, 0.2) is 0 Å². The number of carbonyl (C=O) groups is 1. The standard InChI is InChI=1S/C18H20FN3O3/c1-18(2,3)17(23)21-15-8-7-12(9-16(15)22(24)25)11-20-14-6-4-5-13(19)10-14/h4-10,20H,11H2,1-3H3,(H,21,23). The molecule has 0 aromatic heterocycles. The van der Waals surface area contributed by atoms with E-state index in [0.717, 1.165) is 0 Å². The maximum absolute atomic E-state index is 13.2. The van der Waals surface area contributed by atoms with Crippen LogP contribution in [0.2, 0.25) is 0 Å². The highest BCUT2D eigenvalue weighted by molar-refractivity contribution is 5.96. The number of rotatable bonds is 5. The summed E-state index contributed by atoms with van der Waals surface area (Å²) in [5.41, 5.74) is 0.527. The second kappa shape index (κ2) is 7.29. The van der Waals surface area contributed by atoms with E-state index in [1.54, 1.807) is 39.0 Å². The number of hydrogen-bond acceptors (Lipinski definition) is 4. The minimum absolute atomic E-state index is 0.152. The lowest BCUT2D eigenvalue weighted by Crippen LogP contribution is -2.27. The van der Waals surface area contributed by atoms with Crippen LogP contribution in [0.3, 0.4) is 0 Å². The Bertz CT molecular complexity index is 800. The number of carbonyl (C=O) groups excluding carboxylic acids is 1. The van der Waals surface area contributed by atoms with Crippen LogP contribution in [0.1, 0.15) is 26.3 Å². The van der Waals surface area contributed by atoms with Crippen LogP contribution in [0, 0.1) is 21.3 Å². The molecule has 2 aromatic carbocycles. The molecule has 7 heteroatoms. The number of nitrogens with one attached hydrogen (secondary N) is 2. The Morgan fingerprint density at radius 1 is 1.20 bits per heavy atom. The van der Waals surface area contributed by atoms with Crippen LogP contribution in [-0.2, 0) is 11.3 Å². The molecule has 25 heavy (non-hydrogen) atoms. The van der Waals surface area contributed by atoms with Crippen LogP contribution >= 0.6 is 0 Å². The van der Waals surface area contributed by atoms with Crippen molar-refractivity contribution in [2.24, 2.45) is 5.41 Å². The number of halogens is 1. The van der Waals surface area contributed by atoms with Crippen LogP contribution in [0.5, 0.6) is 0 Å². The number of nitro groups is 1. The topological polar surface area (TPSA) is 84.3 Å². The van der Waals surface area contributed by atoms with Gasteiger partial charge in [0.1, 0.15) is 11.5 Å². The molecule has 1 amide bonds. The van der Waals surface area contributed by atoms with E-state index in [1.165, 1.54) is 24.3 Å². The number of anilines is 2. The van der Waals surface area contributed by atoms with Crippen molar-refractivity contribution in [1.29, 1.82) is 0 Å². The molecule has 6 nitrogen and oxygen atoms in total.